The van der Waals surface area contributed by atoms with Gasteiger partial charge in [0.15, 0.2) is 5.76 Å². The Kier molecular flexibility index (Phi) is 4.38. The summed E-state index contributed by atoms with van der Waals surface area (Å²) in [6.45, 7) is 1.55. The molecular weight excluding hydrogens is 377 g/mol. The fraction of sp³-hybridized carbons (Fsp3) is 0.0952. The van der Waals surface area contributed by atoms with E-state index < -0.39 is 29.2 Å². The molecule has 29 heavy (non-hydrogen) atoms. The lowest BCUT2D eigenvalue weighted by atomic mass is 9.92. The van der Waals surface area contributed by atoms with Crippen molar-refractivity contribution in [1.29, 1.82) is 0 Å². The zero-order chi connectivity index (χ0) is 20.6. The monoisotopic (exact) mass is 393 g/mol. The van der Waals surface area contributed by atoms with Gasteiger partial charge in [-0.1, -0.05) is 42.5 Å². The largest absolute Gasteiger partial charge is 0.451 e. The van der Waals surface area contributed by atoms with E-state index in [2.05, 4.69) is 10.7 Å². The van der Waals surface area contributed by atoms with Crippen LogP contribution in [0.2, 0.25) is 0 Å². The van der Waals surface area contributed by atoms with E-state index in [0.29, 0.717) is 10.6 Å². The smallest absolute Gasteiger partial charge is 0.344 e. The molecule has 3 aromatic rings. The van der Waals surface area contributed by atoms with Crippen LogP contribution in [0.4, 0.5) is 9.18 Å². The molecule has 0 radical (unpaired) electrons. The van der Waals surface area contributed by atoms with Crippen LogP contribution in [0, 0.1) is 5.82 Å². The third kappa shape index (κ3) is 3.14. The lowest BCUT2D eigenvalue weighted by Crippen LogP contribution is -2.47. The Morgan fingerprint density at radius 1 is 1.03 bits per heavy atom. The second-order valence-electron chi connectivity index (χ2n) is 6.65. The summed E-state index contributed by atoms with van der Waals surface area (Å²) < 4.78 is 19.3. The number of amides is 4. The molecule has 7 nitrogen and oxygen atoms in total. The first-order valence-electron chi connectivity index (χ1n) is 8.78. The Hall–Kier alpha value is -3.94. The fourth-order valence-corrected chi connectivity index (χ4v) is 3.13. The van der Waals surface area contributed by atoms with Gasteiger partial charge < -0.3 is 9.73 Å². The van der Waals surface area contributed by atoms with Crippen molar-refractivity contribution in [3.63, 3.8) is 0 Å². The Bertz CT molecular complexity index is 1110. The average molecular weight is 393 g/mol. The van der Waals surface area contributed by atoms with E-state index in [0.717, 1.165) is 0 Å². The number of carbonyl (C=O) groups excluding carboxylic acids is 3. The SMILES string of the molecule is CC1(c2ccccc2)NC(=O)N(NC(=O)c2ccc(-c3ccccc3F)o2)C1=O. The van der Waals surface area contributed by atoms with Gasteiger partial charge in [0.05, 0.1) is 5.56 Å². The summed E-state index contributed by atoms with van der Waals surface area (Å²) in [5.74, 6) is -1.96. The second-order valence-corrected chi connectivity index (χ2v) is 6.65. The normalized spacial score (nSPS) is 18.6. The first-order chi connectivity index (χ1) is 13.9. The topological polar surface area (TPSA) is 91.7 Å². The number of furan rings is 1. The summed E-state index contributed by atoms with van der Waals surface area (Å²) in [5.41, 5.74) is 1.70. The highest BCUT2D eigenvalue weighted by Crippen LogP contribution is 2.28. The lowest BCUT2D eigenvalue weighted by molar-refractivity contribution is -0.132. The Morgan fingerprint density at radius 3 is 2.45 bits per heavy atom. The molecule has 2 N–H and O–H groups in total. The molecule has 4 rings (SSSR count). The first kappa shape index (κ1) is 18.4. The second kappa shape index (κ2) is 6.90. The van der Waals surface area contributed by atoms with Crippen LogP contribution in [-0.2, 0) is 10.3 Å². The number of hydrogen-bond acceptors (Lipinski definition) is 4. The number of nitrogens with one attached hydrogen (secondary N) is 2. The average Bonchev–Trinajstić information content (AvgIpc) is 3.29. The van der Waals surface area contributed by atoms with Gasteiger partial charge in [-0.05, 0) is 36.8 Å². The number of benzene rings is 2. The third-order valence-corrected chi connectivity index (χ3v) is 4.72. The van der Waals surface area contributed by atoms with Crippen LogP contribution in [0.1, 0.15) is 23.0 Å². The summed E-state index contributed by atoms with van der Waals surface area (Å²) in [5, 5.41) is 3.20. The van der Waals surface area contributed by atoms with Crippen molar-refractivity contribution in [2.24, 2.45) is 0 Å². The number of nitrogens with zero attached hydrogens (tertiary/aromatic N) is 1. The summed E-state index contributed by atoms with van der Waals surface area (Å²) >= 11 is 0. The molecule has 146 valence electrons. The van der Waals surface area contributed by atoms with Gasteiger partial charge in [0.2, 0.25) is 0 Å². The van der Waals surface area contributed by atoms with Gasteiger partial charge in [-0.15, -0.1) is 0 Å². The maximum absolute atomic E-state index is 13.9. The van der Waals surface area contributed by atoms with Crippen molar-refractivity contribution < 1.29 is 23.2 Å². The van der Waals surface area contributed by atoms with Crippen molar-refractivity contribution >= 4 is 17.8 Å². The first-order valence-corrected chi connectivity index (χ1v) is 8.78. The van der Waals surface area contributed by atoms with Gasteiger partial charge >= 0.3 is 11.9 Å². The number of hydrogen-bond donors (Lipinski definition) is 2. The van der Waals surface area contributed by atoms with Gasteiger partial charge in [-0.3, -0.25) is 9.59 Å². The highest BCUT2D eigenvalue weighted by Gasteiger charge is 2.50. The van der Waals surface area contributed by atoms with Crippen molar-refractivity contribution in [1.82, 2.24) is 15.8 Å². The van der Waals surface area contributed by atoms with Crippen molar-refractivity contribution in [3.8, 4) is 11.3 Å². The molecule has 8 heteroatoms. The van der Waals surface area contributed by atoms with E-state index in [1.54, 1.807) is 43.3 Å². The predicted octanol–water partition coefficient (Wildman–Crippen LogP) is 3.20. The van der Waals surface area contributed by atoms with Crippen molar-refractivity contribution in [3.05, 3.63) is 83.9 Å². The molecule has 2 heterocycles. The molecular formula is C21H16FN3O4. The Balaban J connectivity index is 1.54. The standard InChI is InChI=1S/C21H16FN3O4/c1-21(13-7-3-2-4-8-13)19(27)25(20(28)23-21)24-18(26)17-12-11-16(29-17)14-9-5-6-10-15(14)22/h2-12H,1H3,(H,23,28)(H,24,26). The highest BCUT2D eigenvalue weighted by atomic mass is 19.1. The molecule has 0 saturated carbocycles. The molecule has 1 aliphatic rings. The van der Waals surface area contributed by atoms with Crippen LogP contribution in [0.3, 0.4) is 0 Å². The minimum Gasteiger partial charge on any atom is -0.451 e. The van der Waals surface area contributed by atoms with E-state index in [-0.39, 0.29) is 17.1 Å². The minimum absolute atomic E-state index is 0.152. The van der Waals surface area contributed by atoms with E-state index in [4.69, 9.17) is 4.42 Å². The maximum Gasteiger partial charge on any atom is 0.344 e. The molecule has 0 aliphatic carbocycles. The zero-order valence-electron chi connectivity index (χ0n) is 15.3. The Morgan fingerprint density at radius 2 is 1.72 bits per heavy atom. The van der Waals surface area contributed by atoms with E-state index in [1.165, 1.54) is 30.3 Å². The summed E-state index contributed by atoms with van der Waals surface area (Å²) in [6.07, 6.45) is 0. The number of imide groups is 1. The van der Waals surface area contributed by atoms with Gasteiger partial charge in [-0.25, -0.2) is 14.6 Å². The van der Waals surface area contributed by atoms with Crippen LogP contribution in [0.5, 0.6) is 0 Å². The number of carbonyl (C=O) groups is 3. The minimum atomic E-state index is -1.31. The van der Waals surface area contributed by atoms with Crippen LogP contribution >= 0.6 is 0 Å². The van der Waals surface area contributed by atoms with Gasteiger partial charge in [-0.2, -0.15) is 5.01 Å². The zero-order valence-corrected chi connectivity index (χ0v) is 15.3. The molecule has 1 aliphatic heterocycles. The summed E-state index contributed by atoms with van der Waals surface area (Å²) in [4.78, 5) is 37.6. The molecule has 4 amide bonds. The van der Waals surface area contributed by atoms with Gasteiger partial charge in [0.25, 0.3) is 5.91 Å². The van der Waals surface area contributed by atoms with Gasteiger partial charge in [0, 0.05) is 0 Å². The van der Waals surface area contributed by atoms with Crippen molar-refractivity contribution in [2.45, 2.75) is 12.5 Å². The molecule has 1 aromatic heterocycles. The predicted molar refractivity (Wildman–Crippen MR) is 101 cm³/mol. The molecule has 1 atom stereocenters. The number of halogens is 1. The van der Waals surface area contributed by atoms with Crippen LogP contribution in [0.25, 0.3) is 11.3 Å². The fourth-order valence-electron chi connectivity index (χ4n) is 3.13. The molecule has 1 unspecified atom stereocenters. The third-order valence-electron chi connectivity index (χ3n) is 4.72. The van der Waals surface area contributed by atoms with Crippen LogP contribution in [-0.4, -0.2) is 22.9 Å². The molecule has 1 saturated heterocycles. The van der Waals surface area contributed by atoms with Crippen molar-refractivity contribution in [2.75, 3.05) is 0 Å². The Labute approximate surface area is 165 Å². The number of urea groups is 1. The van der Waals surface area contributed by atoms with Gasteiger partial charge in [0.1, 0.15) is 17.1 Å². The van der Waals surface area contributed by atoms with Crippen LogP contribution in [0.15, 0.2) is 71.1 Å². The molecule has 0 bridgehead atoms. The van der Waals surface area contributed by atoms with Crippen LogP contribution < -0.4 is 10.7 Å². The molecule has 1 fully saturated rings. The van der Waals surface area contributed by atoms with E-state index >= 15 is 0 Å². The maximum atomic E-state index is 13.9. The highest BCUT2D eigenvalue weighted by molar-refractivity contribution is 6.09. The quantitative estimate of drug-likeness (QED) is 0.666. The van der Waals surface area contributed by atoms with E-state index in [1.807, 2.05) is 0 Å². The summed E-state index contributed by atoms with van der Waals surface area (Å²) in [6, 6.07) is 16.7. The lowest BCUT2D eigenvalue weighted by Gasteiger charge is -2.21. The number of hydrazine groups is 1. The molecule has 2 aromatic carbocycles. The molecule has 0 spiro atoms. The van der Waals surface area contributed by atoms with E-state index in [9.17, 15) is 18.8 Å². The number of rotatable bonds is 4. The summed E-state index contributed by atoms with van der Waals surface area (Å²) in [7, 11) is 0.